The Bertz CT molecular complexity index is 979. The number of hydrazine groups is 1. The van der Waals surface area contributed by atoms with Crippen LogP contribution in [0.5, 0.6) is 0 Å². The molecule has 2 N–H and O–H groups in total. The minimum Gasteiger partial charge on any atom is -0.379 e. The van der Waals surface area contributed by atoms with E-state index in [1.807, 2.05) is 0 Å². The molecule has 2 aliphatic rings. The molecule has 0 spiro atoms. The van der Waals surface area contributed by atoms with Gasteiger partial charge >= 0.3 is 0 Å². The molecule has 4 rings (SSSR count). The lowest BCUT2D eigenvalue weighted by molar-refractivity contribution is 0.0730. The van der Waals surface area contributed by atoms with Crippen molar-refractivity contribution >= 4 is 27.3 Å². The lowest BCUT2D eigenvalue weighted by Gasteiger charge is -2.26. The number of benzene rings is 2. The fraction of sp³-hybridized carbons (Fsp3) is 0.263. The zero-order chi connectivity index (χ0) is 19.7. The van der Waals surface area contributed by atoms with Gasteiger partial charge in [-0.25, -0.2) is 13.8 Å². The first-order chi connectivity index (χ1) is 13.5. The fourth-order valence-corrected chi connectivity index (χ4v) is 4.68. The summed E-state index contributed by atoms with van der Waals surface area (Å²) in [6, 6.07) is 11.8. The zero-order valence-corrected chi connectivity index (χ0v) is 15.7. The van der Waals surface area contributed by atoms with E-state index in [-0.39, 0.29) is 16.5 Å². The Kier molecular flexibility index (Phi) is 4.98. The maximum Gasteiger partial charge on any atom is 0.243 e. The monoisotopic (exact) mass is 401 g/mol. The summed E-state index contributed by atoms with van der Waals surface area (Å²) >= 11 is 0. The highest BCUT2D eigenvalue weighted by Gasteiger charge is 2.38. The number of ether oxygens (including phenoxy) is 1. The van der Waals surface area contributed by atoms with Crippen LogP contribution in [0, 0.1) is 0 Å². The molecule has 0 saturated carbocycles. The molecule has 0 bridgehead atoms. The van der Waals surface area contributed by atoms with Crippen molar-refractivity contribution in [2.75, 3.05) is 31.7 Å². The SMILES string of the molecule is O=C1c2ccccc2C(=O)C1NNc1ccc(S(=O)(=O)N2CCOCC2)cc1. The number of hydrogen-bond acceptors (Lipinski definition) is 7. The molecule has 2 aromatic carbocycles. The van der Waals surface area contributed by atoms with Crippen LogP contribution in [0.1, 0.15) is 20.7 Å². The van der Waals surface area contributed by atoms with Gasteiger partial charge in [0.25, 0.3) is 0 Å². The third kappa shape index (κ3) is 3.33. The van der Waals surface area contributed by atoms with Crippen LogP contribution in [0.3, 0.4) is 0 Å². The molecule has 0 unspecified atom stereocenters. The average Bonchev–Trinajstić information content (AvgIpc) is 2.98. The Morgan fingerprint density at radius 2 is 1.46 bits per heavy atom. The van der Waals surface area contributed by atoms with Crippen LogP contribution in [-0.2, 0) is 14.8 Å². The van der Waals surface area contributed by atoms with Crippen molar-refractivity contribution in [2.45, 2.75) is 10.9 Å². The summed E-state index contributed by atoms with van der Waals surface area (Å²) in [5.41, 5.74) is 6.90. The number of nitrogens with zero attached hydrogens (tertiary/aromatic N) is 1. The van der Waals surface area contributed by atoms with Gasteiger partial charge in [0.1, 0.15) is 0 Å². The number of morpholine rings is 1. The Hall–Kier alpha value is -2.59. The molecule has 1 aliphatic heterocycles. The highest BCUT2D eigenvalue weighted by Crippen LogP contribution is 2.23. The number of anilines is 1. The number of carbonyl (C=O) groups excluding carboxylic acids is 2. The molecule has 0 amide bonds. The van der Waals surface area contributed by atoms with E-state index in [0.29, 0.717) is 43.1 Å². The Morgan fingerprint density at radius 1 is 0.893 bits per heavy atom. The average molecular weight is 401 g/mol. The van der Waals surface area contributed by atoms with Gasteiger partial charge in [0.05, 0.1) is 18.1 Å². The zero-order valence-electron chi connectivity index (χ0n) is 14.9. The summed E-state index contributed by atoms with van der Waals surface area (Å²) in [6.07, 6.45) is 0. The van der Waals surface area contributed by atoms with Crippen LogP contribution in [0.4, 0.5) is 5.69 Å². The van der Waals surface area contributed by atoms with Gasteiger partial charge in [0, 0.05) is 29.9 Å². The number of carbonyl (C=O) groups is 2. The van der Waals surface area contributed by atoms with Gasteiger partial charge in [0.15, 0.2) is 17.6 Å². The van der Waals surface area contributed by atoms with Crippen molar-refractivity contribution in [3.05, 3.63) is 59.7 Å². The maximum absolute atomic E-state index is 12.6. The molecule has 1 fully saturated rings. The molecule has 1 saturated heterocycles. The normalized spacial score (nSPS) is 18.3. The third-order valence-corrected chi connectivity index (χ3v) is 6.72. The summed E-state index contributed by atoms with van der Waals surface area (Å²) in [5.74, 6) is -0.584. The van der Waals surface area contributed by atoms with Gasteiger partial charge in [-0.1, -0.05) is 24.3 Å². The number of ketones is 2. The van der Waals surface area contributed by atoms with E-state index in [0.717, 1.165) is 0 Å². The number of hydrogen-bond donors (Lipinski definition) is 2. The van der Waals surface area contributed by atoms with Crippen LogP contribution in [0.15, 0.2) is 53.4 Å². The smallest absolute Gasteiger partial charge is 0.243 e. The Balaban J connectivity index is 1.43. The van der Waals surface area contributed by atoms with E-state index < -0.39 is 16.1 Å². The lowest BCUT2D eigenvalue weighted by atomic mass is 10.1. The number of nitrogens with one attached hydrogen (secondary N) is 2. The second kappa shape index (κ2) is 7.44. The Morgan fingerprint density at radius 3 is 2.04 bits per heavy atom. The Labute approximate surface area is 162 Å². The largest absolute Gasteiger partial charge is 0.379 e. The van der Waals surface area contributed by atoms with Gasteiger partial charge in [-0.3, -0.25) is 9.59 Å². The van der Waals surface area contributed by atoms with Crippen LogP contribution >= 0.6 is 0 Å². The van der Waals surface area contributed by atoms with Crippen molar-refractivity contribution in [1.82, 2.24) is 9.73 Å². The molecular formula is C19H19N3O5S. The first-order valence-corrected chi connectivity index (χ1v) is 10.3. The minimum atomic E-state index is -3.57. The first kappa shape index (κ1) is 18.8. The topological polar surface area (TPSA) is 105 Å². The second-order valence-electron chi connectivity index (χ2n) is 6.52. The third-order valence-electron chi connectivity index (χ3n) is 4.81. The predicted molar refractivity (Wildman–Crippen MR) is 102 cm³/mol. The standard InChI is InChI=1S/C19H19N3O5S/c23-18-15-3-1-2-4-16(15)19(24)17(18)21-20-13-5-7-14(8-6-13)28(25,26)22-9-11-27-12-10-22/h1-8,17,20-21H,9-12H2. The van der Waals surface area contributed by atoms with Crippen LogP contribution < -0.4 is 10.9 Å². The fourth-order valence-electron chi connectivity index (χ4n) is 3.28. The summed E-state index contributed by atoms with van der Waals surface area (Å²) < 4.78 is 31.8. The van der Waals surface area contributed by atoms with E-state index in [2.05, 4.69) is 10.9 Å². The van der Waals surface area contributed by atoms with Crippen molar-refractivity contribution in [1.29, 1.82) is 0 Å². The molecule has 0 aromatic heterocycles. The summed E-state index contributed by atoms with van der Waals surface area (Å²) in [5, 5.41) is 0. The summed E-state index contributed by atoms with van der Waals surface area (Å²) in [4.78, 5) is 24.9. The molecule has 1 heterocycles. The number of rotatable bonds is 5. The van der Waals surface area contributed by atoms with Crippen molar-refractivity contribution in [3.8, 4) is 0 Å². The summed E-state index contributed by atoms with van der Waals surface area (Å²) in [7, 11) is -3.57. The van der Waals surface area contributed by atoms with Crippen LogP contribution in [-0.4, -0.2) is 56.6 Å². The number of fused-ring (bicyclic) bond motifs is 1. The van der Waals surface area contributed by atoms with E-state index in [1.54, 1.807) is 36.4 Å². The van der Waals surface area contributed by atoms with Crippen molar-refractivity contribution in [2.24, 2.45) is 0 Å². The van der Waals surface area contributed by atoms with E-state index in [1.165, 1.54) is 16.4 Å². The van der Waals surface area contributed by atoms with E-state index >= 15 is 0 Å². The minimum absolute atomic E-state index is 0.181. The maximum atomic E-state index is 12.6. The van der Waals surface area contributed by atoms with E-state index in [9.17, 15) is 18.0 Å². The van der Waals surface area contributed by atoms with Gasteiger partial charge in [-0.05, 0) is 24.3 Å². The van der Waals surface area contributed by atoms with Gasteiger partial charge in [0.2, 0.25) is 10.0 Å². The van der Waals surface area contributed by atoms with E-state index in [4.69, 9.17) is 4.74 Å². The lowest BCUT2D eigenvalue weighted by Crippen LogP contribution is -2.42. The van der Waals surface area contributed by atoms with Gasteiger partial charge < -0.3 is 10.2 Å². The quantitative estimate of drug-likeness (QED) is 0.570. The van der Waals surface area contributed by atoms with Crippen LogP contribution in [0.25, 0.3) is 0 Å². The highest BCUT2D eigenvalue weighted by atomic mass is 32.2. The van der Waals surface area contributed by atoms with Gasteiger partial charge in [-0.2, -0.15) is 4.31 Å². The molecule has 28 heavy (non-hydrogen) atoms. The molecule has 2 aromatic rings. The van der Waals surface area contributed by atoms with Gasteiger partial charge in [-0.15, -0.1) is 0 Å². The molecule has 0 atom stereocenters. The van der Waals surface area contributed by atoms with Crippen molar-refractivity contribution < 1.29 is 22.7 Å². The van der Waals surface area contributed by atoms with Crippen LogP contribution in [0.2, 0.25) is 0 Å². The molecule has 8 nitrogen and oxygen atoms in total. The highest BCUT2D eigenvalue weighted by molar-refractivity contribution is 7.89. The molecule has 9 heteroatoms. The molecule has 0 radical (unpaired) electrons. The summed E-state index contributed by atoms with van der Waals surface area (Å²) in [6.45, 7) is 1.43. The predicted octanol–water partition coefficient (Wildman–Crippen LogP) is 1.07. The molecular weight excluding hydrogens is 382 g/mol. The molecule has 146 valence electrons. The second-order valence-corrected chi connectivity index (χ2v) is 8.46. The van der Waals surface area contributed by atoms with Crippen molar-refractivity contribution in [3.63, 3.8) is 0 Å². The molecule has 1 aliphatic carbocycles. The number of sulfonamides is 1. The first-order valence-electron chi connectivity index (χ1n) is 8.85. The number of Topliss-reactive ketones (excluding diaryl/α,β-unsaturated/α-hetero) is 2.